The molecule has 2 aliphatic rings. The minimum absolute atomic E-state index is 0.613. The molecule has 2 fully saturated rings. The second-order valence-corrected chi connectivity index (χ2v) is 6.18. The van der Waals surface area contributed by atoms with Gasteiger partial charge in [-0.15, -0.1) is 0 Å². The fourth-order valence-corrected chi connectivity index (χ4v) is 2.94. The van der Waals surface area contributed by atoms with E-state index in [9.17, 15) is 0 Å². The van der Waals surface area contributed by atoms with Gasteiger partial charge >= 0.3 is 0 Å². The number of ether oxygens (including phenoxy) is 2. The maximum absolute atomic E-state index is 5.45. The largest absolute Gasteiger partial charge is 0.378 e. The zero-order chi connectivity index (χ0) is 17.1. The third kappa shape index (κ3) is 3.69. The summed E-state index contributed by atoms with van der Waals surface area (Å²) >= 11 is 0. The van der Waals surface area contributed by atoms with Gasteiger partial charge < -0.3 is 19.3 Å². The monoisotopic (exact) mass is 342 g/mol. The number of rotatable bonds is 3. The fourth-order valence-electron chi connectivity index (χ4n) is 2.94. The summed E-state index contributed by atoms with van der Waals surface area (Å²) in [6, 6.07) is 3.97. The average Bonchev–Trinajstić information content (AvgIpc) is 2.69. The third-order valence-corrected chi connectivity index (χ3v) is 4.34. The number of aromatic nitrogens is 4. The van der Waals surface area contributed by atoms with Crippen molar-refractivity contribution in [1.29, 1.82) is 0 Å². The van der Waals surface area contributed by atoms with Crippen molar-refractivity contribution in [1.82, 2.24) is 19.9 Å². The van der Waals surface area contributed by atoms with Crippen molar-refractivity contribution in [3.8, 4) is 11.5 Å². The van der Waals surface area contributed by atoms with Gasteiger partial charge in [0.1, 0.15) is 5.69 Å². The Hall–Kier alpha value is -2.32. The molecule has 132 valence electrons. The first kappa shape index (κ1) is 16.2. The molecule has 2 aliphatic heterocycles. The quantitative estimate of drug-likeness (QED) is 0.815. The van der Waals surface area contributed by atoms with E-state index < -0.39 is 0 Å². The van der Waals surface area contributed by atoms with E-state index in [1.165, 1.54) is 0 Å². The highest BCUT2D eigenvalue weighted by molar-refractivity contribution is 5.55. The Morgan fingerprint density at radius 3 is 1.92 bits per heavy atom. The Bertz CT molecular complexity index is 693. The molecule has 0 radical (unpaired) electrons. The van der Waals surface area contributed by atoms with Crippen molar-refractivity contribution >= 4 is 11.9 Å². The van der Waals surface area contributed by atoms with Crippen LogP contribution in [-0.2, 0) is 9.47 Å². The predicted octanol–water partition coefficient (Wildman–Crippen LogP) is 0.915. The maximum atomic E-state index is 5.45. The van der Waals surface area contributed by atoms with Crippen LogP contribution in [0, 0.1) is 6.92 Å². The summed E-state index contributed by atoms with van der Waals surface area (Å²) in [6.45, 7) is 7.94. The van der Waals surface area contributed by atoms with E-state index in [0.717, 1.165) is 37.4 Å². The van der Waals surface area contributed by atoms with E-state index in [1.54, 1.807) is 6.20 Å². The van der Waals surface area contributed by atoms with E-state index in [1.807, 2.05) is 19.1 Å². The van der Waals surface area contributed by atoms with E-state index in [0.29, 0.717) is 44.1 Å². The van der Waals surface area contributed by atoms with E-state index in [-0.39, 0.29) is 0 Å². The van der Waals surface area contributed by atoms with Gasteiger partial charge in [-0.2, -0.15) is 15.0 Å². The molecule has 0 unspecified atom stereocenters. The highest BCUT2D eigenvalue weighted by Crippen LogP contribution is 2.22. The second kappa shape index (κ2) is 7.28. The zero-order valence-corrected chi connectivity index (χ0v) is 14.4. The Kier molecular flexibility index (Phi) is 4.71. The lowest BCUT2D eigenvalue weighted by molar-refractivity contribution is 0.121. The van der Waals surface area contributed by atoms with Crippen LogP contribution in [0.4, 0.5) is 11.9 Å². The van der Waals surface area contributed by atoms with Crippen LogP contribution in [-0.4, -0.2) is 72.5 Å². The maximum Gasteiger partial charge on any atom is 0.230 e. The summed E-state index contributed by atoms with van der Waals surface area (Å²) in [5.74, 6) is 2.00. The predicted molar refractivity (Wildman–Crippen MR) is 93.9 cm³/mol. The molecule has 2 aromatic rings. The Labute approximate surface area is 146 Å². The van der Waals surface area contributed by atoms with E-state index in [2.05, 4.69) is 14.8 Å². The van der Waals surface area contributed by atoms with E-state index in [4.69, 9.17) is 24.4 Å². The van der Waals surface area contributed by atoms with Gasteiger partial charge in [0.05, 0.1) is 26.4 Å². The fraction of sp³-hybridized carbons (Fsp3) is 0.529. The average molecular weight is 342 g/mol. The molecule has 8 nitrogen and oxygen atoms in total. The van der Waals surface area contributed by atoms with Gasteiger partial charge in [-0.25, -0.2) is 0 Å². The van der Waals surface area contributed by atoms with Gasteiger partial charge in [0.15, 0.2) is 5.82 Å². The van der Waals surface area contributed by atoms with Crippen molar-refractivity contribution < 1.29 is 9.47 Å². The van der Waals surface area contributed by atoms with Crippen molar-refractivity contribution in [2.24, 2.45) is 0 Å². The molecule has 0 aromatic carbocycles. The molecule has 0 saturated carbocycles. The Balaban J connectivity index is 1.73. The molecule has 0 bridgehead atoms. The zero-order valence-electron chi connectivity index (χ0n) is 14.4. The van der Waals surface area contributed by atoms with Crippen molar-refractivity contribution in [3.63, 3.8) is 0 Å². The van der Waals surface area contributed by atoms with E-state index >= 15 is 0 Å². The lowest BCUT2D eigenvalue weighted by Crippen LogP contribution is -2.40. The highest BCUT2D eigenvalue weighted by Gasteiger charge is 2.21. The van der Waals surface area contributed by atoms with Crippen LogP contribution in [0.25, 0.3) is 11.5 Å². The summed E-state index contributed by atoms with van der Waals surface area (Å²) < 4.78 is 10.9. The molecule has 2 aromatic heterocycles. The van der Waals surface area contributed by atoms with Gasteiger partial charge in [0.2, 0.25) is 11.9 Å². The number of pyridine rings is 1. The molecule has 4 rings (SSSR count). The molecule has 0 N–H and O–H groups in total. The number of nitrogens with zero attached hydrogens (tertiary/aromatic N) is 6. The van der Waals surface area contributed by atoms with Crippen LogP contribution in [0.3, 0.4) is 0 Å². The SMILES string of the molecule is Cc1ccnc(-c2nc(N3CCOCC3)nc(N3CCOCC3)n2)c1. The minimum Gasteiger partial charge on any atom is -0.378 e. The molecule has 4 heterocycles. The van der Waals surface area contributed by atoms with Crippen LogP contribution in [0.2, 0.25) is 0 Å². The number of hydrogen-bond donors (Lipinski definition) is 0. The molecule has 2 saturated heterocycles. The molecule has 0 spiro atoms. The van der Waals surface area contributed by atoms with Crippen molar-refractivity contribution in [2.45, 2.75) is 6.92 Å². The number of morpholine rings is 2. The third-order valence-electron chi connectivity index (χ3n) is 4.34. The molecule has 0 amide bonds. The topological polar surface area (TPSA) is 76.5 Å². The van der Waals surface area contributed by atoms with Crippen LogP contribution in [0.5, 0.6) is 0 Å². The Morgan fingerprint density at radius 1 is 0.840 bits per heavy atom. The van der Waals surface area contributed by atoms with Gasteiger partial charge in [0.25, 0.3) is 0 Å². The van der Waals surface area contributed by atoms with Crippen LogP contribution >= 0.6 is 0 Å². The summed E-state index contributed by atoms with van der Waals surface area (Å²) in [6.07, 6.45) is 1.79. The highest BCUT2D eigenvalue weighted by atomic mass is 16.5. The standard InChI is InChI=1S/C17H22N6O2/c1-13-2-3-18-14(12-13)15-19-16(22-4-8-24-9-5-22)21-17(20-15)23-6-10-25-11-7-23/h2-3,12H,4-11H2,1H3. The molecule has 0 aliphatic carbocycles. The van der Waals surface area contributed by atoms with Crippen LogP contribution in [0.1, 0.15) is 5.56 Å². The number of aryl methyl sites for hydroxylation is 1. The summed E-state index contributed by atoms with van der Waals surface area (Å²) in [4.78, 5) is 22.8. The van der Waals surface area contributed by atoms with Gasteiger partial charge in [0, 0.05) is 32.4 Å². The van der Waals surface area contributed by atoms with Crippen LogP contribution < -0.4 is 9.80 Å². The smallest absolute Gasteiger partial charge is 0.230 e. The van der Waals surface area contributed by atoms with Gasteiger partial charge in [-0.1, -0.05) is 0 Å². The first-order chi connectivity index (χ1) is 12.3. The van der Waals surface area contributed by atoms with Gasteiger partial charge in [-0.05, 0) is 24.6 Å². The summed E-state index contributed by atoms with van der Waals surface area (Å²) in [5.41, 5.74) is 1.90. The molecule has 25 heavy (non-hydrogen) atoms. The first-order valence-corrected chi connectivity index (χ1v) is 8.64. The number of hydrogen-bond acceptors (Lipinski definition) is 8. The molecule has 8 heteroatoms. The second-order valence-electron chi connectivity index (χ2n) is 6.18. The van der Waals surface area contributed by atoms with Crippen molar-refractivity contribution in [2.75, 3.05) is 62.4 Å². The number of anilines is 2. The summed E-state index contributed by atoms with van der Waals surface area (Å²) in [5, 5.41) is 0. The minimum atomic E-state index is 0.613. The normalized spacial score (nSPS) is 18.4. The summed E-state index contributed by atoms with van der Waals surface area (Å²) in [7, 11) is 0. The molecular formula is C17H22N6O2. The first-order valence-electron chi connectivity index (χ1n) is 8.64. The Morgan fingerprint density at radius 2 is 1.40 bits per heavy atom. The lowest BCUT2D eigenvalue weighted by atomic mass is 10.2. The van der Waals surface area contributed by atoms with Gasteiger partial charge in [-0.3, -0.25) is 4.98 Å². The van der Waals surface area contributed by atoms with Crippen molar-refractivity contribution in [3.05, 3.63) is 23.9 Å². The van der Waals surface area contributed by atoms with Crippen LogP contribution in [0.15, 0.2) is 18.3 Å². The molecular weight excluding hydrogens is 320 g/mol. The lowest BCUT2D eigenvalue weighted by Gasteiger charge is -2.30. The molecule has 0 atom stereocenters.